The molecule has 0 unspecified atom stereocenters. The number of carbonyl (C=O) groups excluding carboxylic acids is 2. The normalized spacial score (nSPS) is 13.2. The van der Waals surface area contributed by atoms with Gasteiger partial charge in [0.25, 0.3) is 0 Å². The van der Waals surface area contributed by atoms with Crippen LogP contribution in [-0.4, -0.2) is 36.2 Å². The quantitative estimate of drug-likeness (QED) is 0.620. The van der Waals surface area contributed by atoms with Crippen LogP contribution < -0.4 is 15.0 Å². The molecular weight excluding hydrogens is 428 g/mol. The molecule has 0 atom stereocenters. The first-order valence-corrected chi connectivity index (χ1v) is 10.4. The van der Waals surface area contributed by atoms with Crippen molar-refractivity contribution in [3.05, 3.63) is 76.9 Å². The van der Waals surface area contributed by atoms with E-state index in [1.165, 1.54) is 4.90 Å². The lowest BCUT2D eigenvalue weighted by atomic mass is 10.1. The van der Waals surface area contributed by atoms with Gasteiger partial charge in [-0.3, -0.25) is 14.5 Å². The van der Waals surface area contributed by atoms with Crippen LogP contribution in [0.15, 0.2) is 65.8 Å². The van der Waals surface area contributed by atoms with Gasteiger partial charge in [-0.15, -0.1) is 0 Å². The Labute approximate surface area is 190 Å². The molecule has 162 valence electrons. The minimum absolute atomic E-state index is 0.0194. The van der Waals surface area contributed by atoms with Gasteiger partial charge in [-0.2, -0.15) is 0 Å². The summed E-state index contributed by atoms with van der Waals surface area (Å²) < 4.78 is 5.20. The number of pyridine rings is 1. The Morgan fingerprint density at radius 1 is 1.19 bits per heavy atom. The van der Waals surface area contributed by atoms with Crippen molar-refractivity contribution >= 4 is 46.3 Å². The zero-order chi connectivity index (χ0) is 22.7. The summed E-state index contributed by atoms with van der Waals surface area (Å²) in [6, 6.07) is 16.1. The summed E-state index contributed by atoms with van der Waals surface area (Å²) in [7, 11) is 1.59. The van der Waals surface area contributed by atoms with Crippen LogP contribution >= 0.6 is 11.6 Å². The number of hydrogen-bond donors (Lipinski definition) is 1. The number of amides is 2. The predicted molar refractivity (Wildman–Crippen MR) is 125 cm³/mol. The second kappa shape index (κ2) is 9.20. The van der Waals surface area contributed by atoms with Crippen molar-refractivity contribution in [2.45, 2.75) is 13.3 Å². The molecule has 0 aliphatic carbocycles. The van der Waals surface area contributed by atoms with Gasteiger partial charge in [-0.05, 0) is 60.5 Å². The molecular formula is C24H21ClN4O3. The Kier molecular flexibility index (Phi) is 6.18. The lowest BCUT2D eigenvalue weighted by Gasteiger charge is -2.21. The fourth-order valence-corrected chi connectivity index (χ4v) is 3.65. The van der Waals surface area contributed by atoms with Crippen LogP contribution in [0.2, 0.25) is 5.02 Å². The molecule has 1 aliphatic heterocycles. The Morgan fingerprint density at radius 2 is 2.03 bits per heavy atom. The number of hydrogen-bond acceptors (Lipinski definition) is 5. The number of halogens is 1. The summed E-state index contributed by atoms with van der Waals surface area (Å²) in [5.74, 6) is 0.431. The molecule has 0 saturated carbocycles. The minimum atomic E-state index is -0.338. The SMILES string of the molecule is COc1ccc(NC(=O)CN2C(=O)CC(c3cccc(Cl)c3)=Nc3cccnc32)c(C)c1. The highest BCUT2D eigenvalue weighted by atomic mass is 35.5. The molecule has 3 aromatic rings. The highest BCUT2D eigenvalue weighted by Crippen LogP contribution is 2.31. The summed E-state index contributed by atoms with van der Waals surface area (Å²) in [4.78, 5) is 36.4. The summed E-state index contributed by atoms with van der Waals surface area (Å²) in [6.45, 7) is 1.68. The van der Waals surface area contributed by atoms with Crippen LogP contribution in [0.1, 0.15) is 17.5 Å². The maximum absolute atomic E-state index is 13.2. The number of nitrogens with one attached hydrogen (secondary N) is 1. The summed E-state index contributed by atoms with van der Waals surface area (Å²) >= 11 is 6.12. The fraction of sp³-hybridized carbons (Fsp3) is 0.167. The number of methoxy groups -OCH3 is 1. The number of rotatable bonds is 5. The molecule has 4 rings (SSSR count). The number of benzene rings is 2. The molecule has 0 fully saturated rings. The monoisotopic (exact) mass is 448 g/mol. The predicted octanol–water partition coefficient (Wildman–Crippen LogP) is 4.55. The number of nitrogens with zero attached hydrogens (tertiary/aromatic N) is 3. The standard InChI is InChI=1S/C24H21ClN4O3/c1-15-11-18(32-2)8-9-19(15)28-22(30)14-29-23(31)13-21(16-5-3-6-17(25)12-16)27-20-7-4-10-26-24(20)29/h3-12H,13-14H2,1-2H3,(H,28,30). The van der Waals surface area contributed by atoms with E-state index in [1.54, 1.807) is 49.7 Å². The molecule has 2 amide bonds. The van der Waals surface area contributed by atoms with E-state index in [0.29, 0.717) is 33.7 Å². The van der Waals surface area contributed by atoms with Gasteiger partial charge in [0.1, 0.15) is 18.0 Å². The van der Waals surface area contributed by atoms with E-state index < -0.39 is 0 Å². The third kappa shape index (κ3) is 4.63. The summed E-state index contributed by atoms with van der Waals surface area (Å²) in [5, 5.41) is 3.41. The second-order valence-corrected chi connectivity index (χ2v) is 7.74. The molecule has 7 nitrogen and oxygen atoms in total. The maximum Gasteiger partial charge on any atom is 0.244 e. The Balaban J connectivity index is 1.59. The van der Waals surface area contributed by atoms with Crippen molar-refractivity contribution in [3.8, 4) is 5.75 Å². The van der Waals surface area contributed by atoms with Crippen LogP contribution in [0.4, 0.5) is 17.2 Å². The third-order valence-corrected chi connectivity index (χ3v) is 5.30. The first kappa shape index (κ1) is 21.5. The van der Waals surface area contributed by atoms with Crippen molar-refractivity contribution in [2.24, 2.45) is 4.99 Å². The molecule has 2 heterocycles. The average molecular weight is 449 g/mol. The fourth-order valence-electron chi connectivity index (χ4n) is 3.46. The smallest absolute Gasteiger partial charge is 0.244 e. The van der Waals surface area contributed by atoms with Gasteiger partial charge in [0.15, 0.2) is 5.82 Å². The number of aryl methyl sites for hydroxylation is 1. The molecule has 1 aliphatic rings. The maximum atomic E-state index is 13.2. The highest BCUT2D eigenvalue weighted by molar-refractivity contribution is 6.31. The van der Waals surface area contributed by atoms with Crippen molar-refractivity contribution in [1.29, 1.82) is 0 Å². The lowest BCUT2D eigenvalue weighted by molar-refractivity contribution is -0.120. The van der Waals surface area contributed by atoms with E-state index in [-0.39, 0.29) is 24.8 Å². The largest absolute Gasteiger partial charge is 0.497 e. The van der Waals surface area contributed by atoms with Crippen LogP contribution in [0.5, 0.6) is 5.75 Å². The first-order valence-electron chi connectivity index (χ1n) is 9.98. The van der Waals surface area contributed by atoms with Gasteiger partial charge in [0.2, 0.25) is 11.8 Å². The molecule has 0 bridgehead atoms. The van der Waals surface area contributed by atoms with Gasteiger partial charge >= 0.3 is 0 Å². The van der Waals surface area contributed by atoms with E-state index in [2.05, 4.69) is 15.3 Å². The van der Waals surface area contributed by atoms with E-state index in [1.807, 2.05) is 25.1 Å². The Bertz CT molecular complexity index is 1230. The Hall–Kier alpha value is -3.71. The molecule has 0 saturated heterocycles. The zero-order valence-corrected chi connectivity index (χ0v) is 18.4. The van der Waals surface area contributed by atoms with E-state index in [9.17, 15) is 9.59 Å². The molecule has 2 aromatic carbocycles. The zero-order valence-electron chi connectivity index (χ0n) is 17.6. The van der Waals surface area contributed by atoms with Crippen molar-refractivity contribution in [3.63, 3.8) is 0 Å². The van der Waals surface area contributed by atoms with Gasteiger partial charge < -0.3 is 10.1 Å². The topological polar surface area (TPSA) is 83.9 Å². The van der Waals surface area contributed by atoms with Crippen LogP contribution in [0.3, 0.4) is 0 Å². The number of aromatic nitrogens is 1. The molecule has 1 N–H and O–H groups in total. The van der Waals surface area contributed by atoms with Crippen LogP contribution in [-0.2, 0) is 9.59 Å². The van der Waals surface area contributed by atoms with Gasteiger partial charge in [0.05, 0.1) is 19.2 Å². The molecule has 8 heteroatoms. The average Bonchev–Trinajstić information content (AvgIpc) is 2.92. The van der Waals surface area contributed by atoms with Gasteiger partial charge in [-0.25, -0.2) is 9.98 Å². The van der Waals surface area contributed by atoms with Crippen LogP contribution in [0, 0.1) is 6.92 Å². The summed E-state index contributed by atoms with van der Waals surface area (Å²) in [5.41, 5.74) is 3.34. The number of fused-ring (bicyclic) bond motifs is 1. The molecule has 32 heavy (non-hydrogen) atoms. The van der Waals surface area contributed by atoms with Crippen molar-refractivity contribution in [1.82, 2.24) is 4.98 Å². The number of ether oxygens (including phenoxy) is 1. The second-order valence-electron chi connectivity index (χ2n) is 7.30. The Morgan fingerprint density at radius 3 is 2.78 bits per heavy atom. The van der Waals surface area contributed by atoms with E-state index in [4.69, 9.17) is 16.3 Å². The third-order valence-electron chi connectivity index (χ3n) is 5.06. The van der Waals surface area contributed by atoms with Gasteiger partial charge in [-0.1, -0.05) is 23.7 Å². The first-order chi connectivity index (χ1) is 15.4. The van der Waals surface area contributed by atoms with Crippen molar-refractivity contribution < 1.29 is 14.3 Å². The lowest BCUT2D eigenvalue weighted by Crippen LogP contribution is -2.39. The highest BCUT2D eigenvalue weighted by Gasteiger charge is 2.28. The number of aliphatic imine (C=N–C) groups is 1. The number of anilines is 2. The molecule has 0 radical (unpaired) electrons. The molecule has 0 spiro atoms. The van der Waals surface area contributed by atoms with Crippen molar-refractivity contribution in [2.75, 3.05) is 23.9 Å². The number of carbonyl (C=O) groups is 2. The molecule has 1 aromatic heterocycles. The van der Waals surface area contributed by atoms with E-state index in [0.717, 1.165) is 11.1 Å². The minimum Gasteiger partial charge on any atom is -0.497 e. The van der Waals surface area contributed by atoms with Crippen LogP contribution in [0.25, 0.3) is 0 Å². The van der Waals surface area contributed by atoms with Gasteiger partial charge in [0, 0.05) is 16.9 Å². The summed E-state index contributed by atoms with van der Waals surface area (Å²) in [6.07, 6.45) is 1.59. The van der Waals surface area contributed by atoms with E-state index >= 15 is 0 Å².